The first-order chi connectivity index (χ1) is 21.7. The summed E-state index contributed by atoms with van der Waals surface area (Å²) in [5.74, 6) is -0.163. The number of benzene rings is 4. The van der Waals surface area contributed by atoms with E-state index < -0.39 is 28.5 Å². The molecule has 1 N–H and O–H groups in total. The molecular formula is C35H39N3O6S. The molecule has 10 heteroatoms. The Kier molecular flexibility index (Phi) is 11.2. The normalized spacial score (nSPS) is 11.7. The lowest BCUT2D eigenvalue weighted by atomic mass is 10.0. The third-order valence-corrected chi connectivity index (χ3v) is 9.15. The van der Waals surface area contributed by atoms with E-state index in [-0.39, 0.29) is 29.5 Å². The van der Waals surface area contributed by atoms with Gasteiger partial charge in [0, 0.05) is 25.6 Å². The van der Waals surface area contributed by atoms with Gasteiger partial charge in [0.15, 0.2) is 11.5 Å². The van der Waals surface area contributed by atoms with E-state index >= 15 is 0 Å². The van der Waals surface area contributed by atoms with Crippen LogP contribution in [0.1, 0.15) is 23.6 Å². The quantitative estimate of drug-likeness (QED) is 0.211. The van der Waals surface area contributed by atoms with Crippen LogP contribution in [-0.4, -0.2) is 58.5 Å². The van der Waals surface area contributed by atoms with Crippen molar-refractivity contribution in [1.29, 1.82) is 0 Å². The zero-order valence-corrected chi connectivity index (χ0v) is 26.8. The fourth-order valence-corrected chi connectivity index (χ4v) is 6.39. The topological polar surface area (TPSA) is 105 Å². The Hall–Kier alpha value is -4.83. The fourth-order valence-electron chi connectivity index (χ4n) is 4.96. The van der Waals surface area contributed by atoms with E-state index in [0.29, 0.717) is 18.0 Å². The molecule has 0 aromatic heterocycles. The third kappa shape index (κ3) is 8.21. The van der Waals surface area contributed by atoms with Crippen molar-refractivity contribution in [1.82, 2.24) is 10.2 Å². The summed E-state index contributed by atoms with van der Waals surface area (Å²) in [5.41, 5.74) is 2.93. The Bertz CT molecular complexity index is 1680. The lowest BCUT2D eigenvalue weighted by molar-refractivity contribution is -0.140. The van der Waals surface area contributed by atoms with Gasteiger partial charge in [0.05, 0.1) is 24.8 Å². The summed E-state index contributed by atoms with van der Waals surface area (Å²) in [6.45, 7) is 3.68. The number of amides is 2. The van der Waals surface area contributed by atoms with Crippen LogP contribution in [0.4, 0.5) is 5.69 Å². The van der Waals surface area contributed by atoms with Gasteiger partial charge in [0.1, 0.15) is 12.6 Å². The van der Waals surface area contributed by atoms with Crippen LogP contribution in [0.15, 0.2) is 108 Å². The summed E-state index contributed by atoms with van der Waals surface area (Å²) in [7, 11) is -1.30. The molecular weight excluding hydrogens is 590 g/mol. The Morgan fingerprint density at radius 1 is 0.800 bits per heavy atom. The van der Waals surface area contributed by atoms with E-state index in [4.69, 9.17) is 9.47 Å². The number of hydrogen-bond acceptors (Lipinski definition) is 6. The van der Waals surface area contributed by atoms with Gasteiger partial charge in [-0.3, -0.25) is 13.9 Å². The summed E-state index contributed by atoms with van der Waals surface area (Å²) in [5, 5.41) is 2.87. The zero-order valence-electron chi connectivity index (χ0n) is 26.0. The molecule has 45 heavy (non-hydrogen) atoms. The van der Waals surface area contributed by atoms with Crippen molar-refractivity contribution in [3.63, 3.8) is 0 Å². The van der Waals surface area contributed by atoms with Gasteiger partial charge in [-0.05, 0) is 49.2 Å². The SMILES string of the molecule is CCNC(=O)C(Cc1ccccc1)N(Cc1ccc(C)cc1)C(=O)CN(c1ccc(OC)c(OC)c1)S(=O)(=O)c1ccccc1. The van der Waals surface area contributed by atoms with Gasteiger partial charge in [-0.15, -0.1) is 0 Å². The van der Waals surface area contributed by atoms with Crippen LogP contribution >= 0.6 is 0 Å². The van der Waals surface area contributed by atoms with Gasteiger partial charge in [0.2, 0.25) is 11.8 Å². The van der Waals surface area contributed by atoms with Crippen LogP contribution < -0.4 is 19.1 Å². The maximum absolute atomic E-state index is 14.5. The molecule has 0 fully saturated rings. The number of nitrogens with zero attached hydrogens (tertiary/aromatic N) is 2. The Balaban J connectivity index is 1.82. The maximum Gasteiger partial charge on any atom is 0.264 e. The zero-order chi connectivity index (χ0) is 32.4. The van der Waals surface area contributed by atoms with Gasteiger partial charge in [-0.25, -0.2) is 8.42 Å². The van der Waals surface area contributed by atoms with Crippen molar-refractivity contribution in [2.75, 3.05) is 31.6 Å². The second-order valence-corrected chi connectivity index (χ2v) is 12.3. The minimum absolute atomic E-state index is 0.0160. The Morgan fingerprint density at radius 2 is 1.42 bits per heavy atom. The molecule has 9 nitrogen and oxygen atoms in total. The molecule has 0 spiro atoms. The number of hydrogen-bond donors (Lipinski definition) is 1. The van der Waals surface area contributed by atoms with Crippen LogP contribution in [0.5, 0.6) is 11.5 Å². The van der Waals surface area contributed by atoms with Gasteiger partial charge in [-0.1, -0.05) is 78.4 Å². The summed E-state index contributed by atoms with van der Waals surface area (Å²) >= 11 is 0. The second kappa shape index (κ2) is 15.3. The molecule has 0 heterocycles. The molecule has 4 aromatic rings. The van der Waals surface area contributed by atoms with Crippen LogP contribution in [0.25, 0.3) is 0 Å². The molecule has 0 bridgehead atoms. The average molecular weight is 630 g/mol. The highest BCUT2D eigenvalue weighted by Gasteiger charge is 2.34. The number of anilines is 1. The van der Waals surface area contributed by atoms with E-state index in [9.17, 15) is 18.0 Å². The van der Waals surface area contributed by atoms with E-state index in [1.165, 1.54) is 37.3 Å². The van der Waals surface area contributed by atoms with Crippen molar-refractivity contribution >= 4 is 27.5 Å². The predicted octanol–water partition coefficient (Wildman–Crippen LogP) is 4.98. The lowest BCUT2D eigenvalue weighted by Gasteiger charge is -2.34. The Morgan fingerprint density at radius 3 is 2.02 bits per heavy atom. The number of nitrogens with one attached hydrogen (secondary N) is 1. The predicted molar refractivity (Wildman–Crippen MR) is 175 cm³/mol. The summed E-state index contributed by atoms with van der Waals surface area (Å²) in [6.07, 6.45) is 0.242. The largest absolute Gasteiger partial charge is 0.493 e. The highest BCUT2D eigenvalue weighted by Crippen LogP contribution is 2.34. The molecule has 0 saturated carbocycles. The van der Waals surface area contributed by atoms with Crippen molar-refractivity contribution in [3.05, 3.63) is 120 Å². The molecule has 1 unspecified atom stereocenters. The molecule has 0 aliphatic carbocycles. The number of carbonyl (C=O) groups is 2. The summed E-state index contributed by atoms with van der Waals surface area (Å²) < 4.78 is 40.1. The molecule has 0 aliphatic heterocycles. The van der Waals surface area contributed by atoms with Gasteiger partial charge in [0.25, 0.3) is 10.0 Å². The van der Waals surface area contributed by atoms with Crippen molar-refractivity contribution < 1.29 is 27.5 Å². The third-order valence-electron chi connectivity index (χ3n) is 7.36. The number of rotatable bonds is 14. The molecule has 1 atom stereocenters. The van der Waals surface area contributed by atoms with Crippen molar-refractivity contribution in [3.8, 4) is 11.5 Å². The van der Waals surface area contributed by atoms with E-state index in [0.717, 1.165) is 21.0 Å². The molecule has 4 rings (SSSR count). The maximum atomic E-state index is 14.5. The first-order valence-corrected chi connectivity index (χ1v) is 16.1. The monoisotopic (exact) mass is 629 g/mol. The first-order valence-electron chi connectivity index (χ1n) is 14.6. The minimum Gasteiger partial charge on any atom is -0.493 e. The molecule has 4 aromatic carbocycles. The Labute approximate surface area is 265 Å². The number of sulfonamides is 1. The van der Waals surface area contributed by atoms with Crippen LogP contribution in [0.2, 0.25) is 0 Å². The smallest absolute Gasteiger partial charge is 0.264 e. The first kappa shape index (κ1) is 33.1. The van der Waals surface area contributed by atoms with Gasteiger partial charge >= 0.3 is 0 Å². The molecule has 0 aliphatic rings. The van der Waals surface area contributed by atoms with E-state index in [2.05, 4.69) is 5.32 Å². The summed E-state index contributed by atoms with van der Waals surface area (Å²) in [4.78, 5) is 29.6. The summed E-state index contributed by atoms with van der Waals surface area (Å²) in [6, 6.07) is 28.8. The van der Waals surface area contributed by atoms with Crippen LogP contribution in [0, 0.1) is 6.92 Å². The van der Waals surface area contributed by atoms with Crippen molar-refractivity contribution in [2.45, 2.75) is 37.8 Å². The molecule has 0 radical (unpaired) electrons. The van der Waals surface area contributed by atoms with Gasteiger partial charge < -0.3 is 19.7 Å². The standard InChI is InChI=1S/C35H39N3O6S/c1-5-36-35(40)31(22-27-12-8-6-9-13-27)37(24-28-18-16-26(2)17-19-28)34(39)25-38(45(41,42)30-14-10-7-11-15-30)29-20-21-32(43-3)33(23-29)44-4/h6-21,23,31H,5,22,24-25H2,1-4H3,(H,36,40). The van der Waals surface area contributed by atoms with Gasteiger partial charge in [-0.2, -0.15) is 0 Å². The fraction of sp³-hybridized carbons (Fsp3) is 0.257. The van der Waals surface area contributed by atoms with E-state index in [1.54, 1.807) is 30.3 Å². The number of aryl methyl sites for hydroxylation is 1. The second-order valence-electron chi connectivity index (χ2n) is 10.5. The number of ether oxygens (including phenoxy) is 2. The van der Waals surface area contributed by atoms with Crippen LogP contribution in [0.3, 0.4) is 0 Å². The highest BCUT2D eigenvalue weighted by atomic mass is 32.2. The molecule has 2 amide bonds. The lowest BCUT2D eigenvalue weighted by Crippen LogP contribution is -2.53. The number of carbonyl (C=O) groups excluding carboxylic acids is 2. The minimum atomic E-state index is -4.23. The van der Waals surface area contributed by atoms with Crippen LogP contribution in [-0.2, 0) is 32.6 Å². The molecule has 0 saturated heterocycles. The average Bonchev–Trinajstić information content (AvgIpc) is 3.06. The molecule has 236 valence electrons. The number of likely N-dealkylation sites (N-methyl/N-ethyl adjacent to an activating group) is 1. The van der Waals surface area contributed by atoms with E-state index in [1.807, 2.05) is 68.4 Å². The van der Waals surface area contributed by atoms with Crippen molar-refractivity contribution in [2.24, 2.45) is 0 Å². The number of methoxy groups -OCH3 is 2. The highest BCUT2D eigenvalue weighted by molar-refractivity contribution is 7.92.